The molecule has 2 heterocycles. The van der Waals surface area contributed by atoms with E-state index in [1.807, 2.05) is 29.2 Å². The molecule has 0 radical (unpaired) electrons. The number of nitrogens with one attached hydrogen (secondary N) is 2. The first-order chi connectivity index (χ1) is 12.6. The highest BCUT2D eigenvalue weighted by Crippen LogP contribution is 2.17. The Morgan fingerprint density at radius 1 is 1.18 bits per heavy atom. The maximum Gasteiger partial charge on any atom is 0.227 e. The van der Waals surface area contributed by atoms with Crippen LogP contribution >= 0.6 is 24.8 Å². The third-order valence-corrected chi connectivity index (χ3v) is 5.36. The first-order valence-corrected chi connectivity index (χ1v) is 9.66. The zero-order valence-corrected chi connectivity index (χ0v) is 18.1. The molecule has 1 aromatic carbocycles. The van der Waals surface area contributed by atoms with Gasteiger partial charge in [0.1, 0.15) is 0 Å². The van der Waals surface area contributed by atoms with Crippen LogP contribution in [0.1, 0.15) is 24.8 Å². The van der Waals surface area contributed by atoms with Gasteiger partial charge in [-0.2, -0.15) is 0 Å². The minimum atomic E-state index is 0. The molecule has 0 spiro atoms. The summed E-state index contributed by atoms with van der Waals surface area (Å²) in [7, 11) is 2.08. The van der Waals surface area contributed by atoms with Crippen LogP contribution in [0.3, 0.4) is 0 Å². The zero-order chi connectivity index (χ0) is 18.4. The summed E-state index contributed by atoms with van der Waals surface area (Å²) >= 11 is 0. The minimum Gasteiger partial charge on any atom is -0.340 e. The molecule has 0 aromatic heterocycles. The van der Waals surface area contributed by atoms with Crippen LogP contribution in [0.4, 0.5) is 5.69 Å². The van der Waals surface area contributed by atoms with Crippen molar-refractivity contribution in [3.05, 3.63) is 29.8 Å². The number of benzene rings is 1. The molecular weight excluding hydrogens is 399 g/mol. The molecule has 2 N–H and O–H groups in total. The average molecular weight is 431 g/mol. The van der Waals surface area contributed by atoms with Crippen LogP contribution in [-0.4, -0.2) is 67.9 Å². The molecule has 3 rings (SSSR count). The standard InChI is InChI=1S/C20H30N4O2.2ClH/c1-23-9-11-24(12-10-23)20(26)14-17-3-2-4-18(13-17)22-19(25)6-5-16-7-8-21-15-16;;/h2-4,13,16,21H,5-12,14-15H2,1H3,(H,22,25);2*1H. The predicted octanol–water partition coefficient (Wildman–Crippen LogP) is 2.17. The fourth-order valence-electron chi connectivity index (χ4n) is 3.62. The van der Waals surface area contributed by atoms with E-state index in [1.165, 1.54) is 0 Å². The molecule has 2 aliphatic rings. The van der Waals surface area contributed by atoms with E-state index in [1.54, 1.807) is 0 Å². The number of carbonyl (C=O) groups is 2. The fraction of sp³-hybridized carbons (Fsp3) is 0.600. The highest BCUT2D eigenvalue weighted by atomic mass is 35.5. The Kier molecular flexibility index (Phi) is 10.8. The first kappa shape index (κ1) is 24.7. The summed E-state index contributed by atoms with van der Waals surface area (Å²) in [5, 5.41) is 6.30. The van der Waals surface area contributed by atoms with Crippen LogP contribution in [0, 0.1) is 5.92 Å². The van der Waals surface area contributed by atoms with Crippen LogP contribution in [0.5, 0.6) is 0 Å². The second kappa shape index (κ2) is 12.3. The number of likely N-dealkylation sites (N-methyl/N-ethyl adjacent to an activating group) is 1. The summed E-state index contributed by atoms with van der Waals surface area (Å²) in [5.41, 5.74) is 1.73. The quantitative estimate of drug-likeness (QED) is 0.725. The summed E-state index contributed by atoms with van der Waals surface area (Å²) < 4.78 is 0. The number of carbonyl (C=O) groups excluding carboxylic acids is 2. The second-order valence-electron chi connectivity index (χ2n) is 7.51. The third-order valence-electron chi connectivity index (χ3n) is 5.36. The van der Waals surface area contributed by atoms with Crippen molar-refractivity contribution < 1.29 is 9.59 Å². The van der Waals surface area contributed by atoms with Gasteiger partial charge < -0.3 is 20.4 Å². The van der Waals surface area contributed by atoms with Gasteiger partial charge in [-0.25, -0.2) is 0 Å². The van der Waals surface area contributed by atoms with Gasteiger partial charge in [0.05, 0.1) is 6.42 Å². The highest BCUT2D eigenvalue weighted by Gasteiger charge is 2.19. The number of hydrogen-bond donors (Lipinski definition) is 2. The fourth-order valence-corrected chi connectivity index (χ4v) is 3.62. The Balaban J connectivity index is 0.00000196. The highest BCUT2D eigenvalue weighted by molar-refractivity contribution is 5.91. The third kappa shape index (κ3) is 7.59. The van der Waals surface area contributed by atoms with Crippen LogP contribution in [-0.2, 0) is 16.0 Å². The molecule has 1 unspecified atom stereocenters. The molecule has 28 heavy (non-hydrogen) atoms. The van der Waals surface area contributed by atoms with Crippen LogP contribution in [0.15, 0.2) is 24.3 Å². The Morgan fingerprint density at radius 3 is 2.61 bits per heavy atom. The molecule has 0 saturated carbocycles. The summed E-state index contributed by atoms with van der Waals surface area (Å²) in [4.78, 5) is 28.8. The molecule has 2 saturated heterocycles. The topological polar surface area (TPSA) is 64.7 Å². The van der Waals surface area contributed by atoms with E-state index in [0.717, 1.165) is 63.4 Å². The Hall–Kier alpha value is -1.34. The molecular formula is C20H32Cl2N4O2. The van der Waals surface area contributed by atoms with Crippen molar-refractivity contribution in [3.8, 4) is 0 Å². The number of rotatable bonds is 6. The Morgan fingerprint density at radius 2 is 1.93 bits per heavy atom. The lowest BCUT2D eigenvalue weighted by molar-refractivity contribution is -0.132. The van der Waals surface area contributed by atoms with E-state index in [2.05, 4.69) is 22.6 Å². The number of hydrogen-bond acceptors (Lipinski definition) is 4. The van der Waals surface area contributed by atoms with E-state index in [0.29, 0.717) is 18.8 Å². The van der Waals surface area contributed by atoms with Crippen molar-refractivity contribution in [2.45, 2.75) is 25.7 Å². The minimum absolute atomic E-state index is 0. The lowest BCUT2D eigenvalue weighted by Crippen LogP contribution is -2.47. The van der Waals surface area contributed by atoms with E-state index >= 15 is 0 Å². The maximum atomic E-state index is 12.5. The van der Waals surface area contributed by atoms with Crippen molar-refractivity contribution in [2.24, 2.45) is 5.92 Å². The van der Waals surface area contributed by atoms with Gasteiger partial charge >= 0.3 is 0 Å². The van der Waals surface area contributed by atoms with Gasteiger partial charge in [0, 0.05) is 38.3 Å². The molecule has 2 aliphatic heterocycles. The van der Waals surface area contributed by atoms with Crippen LogP contribution < -0.4 is 10.6 Å². The van der Waals surface area contributed by atoms with E-state index in [-0.39, 0.29) is 36.6 Å². The molecule has 1 atom stereocenters. The molecule has 2 fully saturated rings. The number of halogens is 2. The van der Waals surface area contributed by atoms with Gasteiger partial charge in [-0.15, -0.1) is 24.8 Å². The van der Waals surface area contributed by atoms with Gasteiger partial charge in [-0.05, 0) is 56.6 Å². The second-order valence-corrected chi connectivity index (χ2v) is 7.51. The zero-order valence-electron chi connectivity index (χ0n) is 16.5. The van der Waals surface area contributed by atoms with Crippen molar-refractivity contribution in [1.29, 1.82) is 0 Å². The lowest BCUT2D eigenvalue weighted by atomic mass is 10.0. The lowest BCUT2D eigenvalue weighted by Gasteiger charge is -2.32. The summed E-state index contributed by atoms with van der Waals surface area (Å²) in [6, 6.07) is 7.67. The Bertz CT molecular complexity index is 630. The predicted molar refractivity (Wildman–Crippen MR) is 118 cm³/mol. The van der Waals surface area contributed by atoms with Crippen molar-refractivity contribution in [1.82, 2.24) is 15.1 Å². The number of nitrogens with zero attached hydrogens (tertiary/aromatic N) is 2. The van der Waals surface area contributed by atoms with Gasteiger partial charge in [0.2, 0.25) is 11.8 Å². The van der Waals surface area contributed by atoms with Gasteiger partial charge in [-0.3, -0.25) is 9.59 Å². The molecule has 158 valence electrons. The Labute approximate surface area is 180 Å². The van der Waals surface area contributed by atoms with Crippen LogP contribution in [0.2, 0.25) is 0 Å². The van der Waals surface area contributed by atoms with E-state index < -0.39 is 0 Å². The van der Waals surface area contributed by atoms with Crippen molar-refractivity contribution in [3.63, 3.8) is 0 Å². The van der Waals surface area contributed by atoms with Gasteiger partial charge in [0.15, 0.2) is 0 Å². The maximum absolute atomic E-state index is 12.5. The van der Waals surface area contributed by atoms with Crippen molar-refractivity contribution >= 4 is 42.3 Å². The smallest absolute Gasteiger partial charge is 0.227 e. The summed E-state index contributed by atoms with van der Waals surface area (Å²) in [5.74, 6) is 0.836. The molecule has 2 amide bonds. The summed E-state index contributed by atoms with van der Waals surface area (Å²) in [6.07, 6.45) is 3.04. The molecule has 6 nitrogen and oxygen atoms in total. The summed E-state index contributed by atoms with van der Waals surface area (Å²) in [6.45, 7) is 5.53. The molecule has 0 aliphatic carbocycles. The number of piperazine rings is 1. The van der Waals surface area contributed by atoms with Crippen LogP contribution in [0.25, 0.3) is 0 Å². The monoisotopic (exact) mass is 430 g/mol. The van der Waals surface area contributed by atoms with E-state index in [9.17, 15) is 9.59 Å². The van der Waals surface area contributed by atoms with E-state index in [4.69, 9.17) is 0 Å². The number of anilines is 1. The largest absolute Gasteiger partial charge is 0.340 e. The van der Waals surface area contributed by atoms with Gasteiger partial charge in [0.25, 0.3) is 0 Å². The molecule has 0 bridgehead atoms. The molecule has 8 heteroatoms. The van der Waals surface area contributed by atoms with Crippen molar-refractivity contribution in [2.75, 3.05) is 51.6 Å². The normalized spacial score (nSPS) is 19.5. The average Bonchev–Trinajstić information content (AvgIpc) is 3.14. The first-order valence-electron chi connectivity index (χ1n) is 9.66. The SMILES string of the molecule is CN1CCN(C(=O)Cc2cccc(NC(=O)CCC3CCNC3)c2)CC1.Cl.Cl. The number of amides is 2. The molecule has 1 aromatic rings. The van der Waals surface area contributed by atoms with Gasteiger partial charge in [-0.1, -0.05) is 12.1 Å².